The van der Waals surface area contributed by atoms with Crippen molar-refractivity contribution < 1.29 is 19.0 Å². The molecule has 3 N–H and O–H groups in total. The zero-order chi connectivity index (χ0) is 10.7. The first-order valence-corrected chi connectivity index (χ1v) is 3.86. The van der Waals surface area contributed by atoms with Gasteiger partial charge in [0.2, 0.25) is 6.17 Å². The van der Waals surface area contributed by atoms with Crippen LogP contribution in [0.1, 0.15) is 11.7 Å². The molecule has 0 amide bonds. The lowest BCUT2D eigenvalue weighted by atomic mass is 10.1. The van der Waals surface area contributed by atoms with E-state index >= 15 is 0 Å². The number of nitrogens with two attached hydrogens (primary N) is 1. The van der Waals surface area contributed by atoms with Crippen LogP contribution in [0.3, 0.4) is 0 Å². The van der Waals surface area contributed by atoms with Crippen LogP contribution in [0.25, 0.3) is 0 Å². The summed E-state index contributed by atoms with van der Waals surface area (Å²) in [6, 6.07) is 3.73. The molecule has 0 aliphatic rings. The molecule has 0 heterocycles. The lowest BCUT2D eigenvalue weighted by molar-refractivity contribution is -0.146. The molecular formula is C9H10FNO3. The molecule has 0 aromatic heterocycles. The molecule has 76 valence electrons. The molecule has 0 aliphatic heterocycles. The molecule has 0 saturated heterocycles. The minimum Gasteiger partial charge on any atom is -0.506 e. The number of hydrogen-bond acceptors (Lipinski definition) is 4. The predicted molar refractivity (Wildman–Crippen MR) is 48.4 cm³/mol. The highest BCUT2D eigenvalue weighted by molar-refractivity contribution is 5.76. The van der Waals surface area contributed by atoms with Gasteiger partial charge in [-0.3, -0.25) is 0 Å². The fraction of sp³-hybridized carbons (Fsp3) is 0.222. The van der Waals surface area contributed by atoms with Crippen molar-refractivity contribution >= 4 is 11.7 Å². The third-order valence-corrected chi connectivity index (χ3v) is 1.76. The fourth-order valence-corrected chi connectivity index (χ4v) is 0.958. The van der Waals surface area contributed by atoms with Crippen molar-refractivity contribution in [2.75, 3.05) is 12.8 Å². The van der Waals surface area contributed by atoms with Crippen molar-refractivity contribution in [3.05, 3.63) is 23.8 Å². The first kappa shape index (κ1) is 10.3. The maximum atomic E-state index is 13.2. The second kappa shape index (κ2) is 3.95. The van der Waals surface area contributed by atoms with E-state index in [1.54, 1.807) is 0 Å². The number of esters is 1. The average molecular weight is 199 g/mol. The number of phenols is 1. The zero-order valence-electron chi connectivity index (χ0n) is 7.53. The third kappa shape index (κ3) is 1.93. The average Bonchev–Trinajstić information content (AvgIpc) is 2.20. The zero-order valence-corrected chi connectivity index (χ0v) is 7.53. The highest BCUT2D eigenvalue weighted by atomic mass is 19.1. The van der Waals surface area contributed by atoms with Crippen LogP contribution >= 0.6 is 0 Å². The van der Waals surface area contributed by atoms with Gasteiger partial charge in [-0.2, -0.15) is 0 Å². The molecule has 0 saturated carbocycles. The molecule has 0 spiro atoms. The van der Waals surface area contributed by atoms with Crippen LogP contribution < -0.4 is 5.73 Å². The van der Waals surface area contributed by atoms with E-state index in [9.17, 15) is 9.18 Å². The summed E-state index contributed by atoms with van der Waals surface area (Å²) in [4.78, 5) is 10.8. The number of methoxy groups -OCH3 is 1. The molecule has 1 aromatic rings. The number of nitrogen functional groups attached to an aromatic ring is 1. The van der Waals surface area contributed by atoms with Crippen LogP contribution in [0.5, 0.6) is 5.75 Å². The lowest BCUT2D eigenvalue weighted by Crippen LogP contribution is -2.09. The largest absolute Gasteiger partial charge is 0.506 e. The van der Waals surface area contributed by atoms with Crippen LogP contribution in [0.4, 0.5) is 10.1 Å². The Hall–Kier alpha value is -1.78. The molecule has 0 fully saturated rings. The Morgan fingerprint density at radius 1 is 1.64 bits per heavy atom. The van der Waals surface area contributed by atoms with E-state index in [1.807, 2.05) is 0 Å². The number of benzene rings is 1. The summed E-state index contributed by atoms with van der Waals surface area (Å²) in [6.07, 6.45) is -1.90. The van der Waals surface area contributed by atoms with Gasteiger partial charge in [0, 0.05) is 5.56 Å². The van der Waals surface area contributed by atoms with E-state index in [-0.39, 0.29) is 17.0 Å². The number of anilines is 1. The molecule has 0 aliphatic carbocycles. The van der Waals surface area contributed by atoms with Gasteiger partial charge in [0.15, 0.2) is 0 Å². The van der Waals surface area contributed by atoms with E-state index in [4.69, 9.17) is 10.8 Å². The molecule has 5 heteroatoms. The quantitative estimate of drug-likeness (QED) is 0.426. The Labute approximate surface area is 80.1 Å². The summed E-state index contributed by atoms with van der Waals surface area (Å²) in [5.41, 5.74) is 5.46. The lowest BCUT2D eigenvalue weighted by Gasteiger charge is -2.07. The van der Waals surface area contributed by atoms with Gasteiger partial charge in [0.1, 0.15) is 5.75 Å². The molecule has 0 bridgehead atoms. The van der Waals surface area contributed by atoms with Crippen LogP contribution in [0.2, 0.25) is 0 Å². The monoisotopic (exact) mass is 199 g/mol. The standard InChI is InChI=1S/C9H10FNO3/c1-14-9(13)8(10)5-2-3-6(11)7(12)4-5/h2-4,8,12H,11H2,1H3. The van der Waals surface area contributed by atoms with E-state index in [1.165, 1.54) is 12.1 Å². The maximum absolute atomic E-state index is 13.2. The molecule has 1 aromatic carbocycles. The van der Waals surface area contributed by atoms with Crippen LogP contribution in [0.15, 0.2) is 18.2 Å². The first-order valence-electron chi connectivity index (χ1n) is 3.86. The first-order chi connectivity index (χ1) is 6.56. The summed E-state index contributed by atoms with van der Waals surface area (Å²) in [5.74, 6) is -1.26. The molecule has 14 heavy (non-hydrogen) atoms. The van der Waals surface area contributed by atoms with Crippen molar-refractivity contribution in [2.24, 2.45) is 0 Å². The summed E-state index contributed by atoms with van der Waals surface area (Å²) < 4.78 is 17.4. The van der Waals surface area contributed by atoms with Gasteiger partial charge in [0.25, 0.3) is 0 Å². The van der Waals surface area contributed by atoms with Crippen LogP contribution in [-0.2, 0) is 9.53 Å². The Morgan fingerprint density at radius 3 is 2.79 bits per heavy atom. The van der Waals surface area contributed by atoms with E-state index < -0.39 is 12.1 Å². The molecule has 1 unspecified atom stereocenters. The summed E-state index contributed by atoms with van der Waals surface area (Å²) in [6.45, 7) is 0. The number of phenolic OH excluding ortho intramolecular Hbond substituents is 1. The Balaban J connectivity index is 2.96. The minimum atomic E-state index is -1.90. The Kier molecular flexibility index (Phi) is 2.91. The van der Waals surface area contributed by atoms with Gasteiger partial charge >= 0.3 is 5.97 Å². The SMILES string of the molecule is COC(=O)C(F)c1ccc(N)c(O)c1. The third-order valence-electron chi connectivity index (χ3n) is 1.76. The summed E-state index contributed by atoms with van der Waals surface area (Å²) in [5, 5.41) is 9.16. The molecular weight excluding hydrogens is 189 g/mol. The van der Waals surface area contributed by atoms with Crippen molar-refractivity contribution in [3.8, 4) is 5.75 Å². The number of ether oxygens (including phenoxy) is 1. The van der Waals surface area contributed by atoms with Gasteiger partial charge in [-0.1, -0.05) is 6.07 Å². The second-order valence-corrected chi connectivity index (χ2v) is 2.70. The van der Waals surface area contributed by atoms with E-state index in [0.29, 0.717) is 0 Å². The van der Waals surface area contributed by atoms with Crippen molar-refractivity contribution in [1.29, 1.82) is 0 Å². The highest BCUT2D eigenvalue weighted by Gasteiger charge is 2.20. The Bertz CT molecular complexity index is 354. The van der Waals surface area contributed by atoms with Gasteiger partial charge < -0.3 is 15.6 Å². The number of aromatic hydroxyl groups is 1. The van der Waals surface area contributed by atoms with Gasteiger partial charge in [-0.15, -0.1) is 0 Å². The number of hydrogen-bond donors (Lipinski definition) is 2. The number of carbonyl (C=O) groups is 1. The second-order valence-electron chi connectivity index (χ2n) is 2.70. The molecule has 1 atom stereocenters. The van der Waals surface area contributed by atoms with Gasteiger partial charge in [-0.05, 0) is 12.1 Å². The van der Waals surface area contributed by atoms with Crippen molar-refractivity contribution in [3.63, 3.8) is 0 Å². The van der Waals surface area contributed by atoms with E-state index in [0.717, 1.165) is 13.2 Å². The summed E-state index contributed by atoms with van der Waals surface area (Å²) in [7, 11) is 1.09. The van der Waals surface area contributed by atoms with Crippen LogP contribution in [-0.4, -0.2) is 18.2 Å². The van der Waals surface area contributed by atoms with Gasteiger partial charge in [-0.25, -0.2) is 9.18 Å². The number of alkyl halides is 1. The van der Waals surface area contributed by atoms with Crippen molar-refractivity contribution in [2.45, 2.75) is 6.17 Å². The number of halogens is 1. The van der Waals surface area contributed by atoms with Crippen molar-refractivity contribution in [1.82, 2.24) is 0 Å². The highest BCUT2D eigenvalue weighted by Crippen LogP contribution is 2.26. The molecule has 0 radical (unpaired) electrons. The van der Waals surface area contributed by atoms with Gasteiger partial charge in [0.05, 0.1) is 12.8 Å². The normalized spacial score (nSPS) is 12.1. The minimum absolute atomic E-state index is 0.0172. The molecule has 1 rings (SSSR count). The number of rotatable bonds is 2. The maximum Gasteiger partial charge on any atom is 0.345 e. The Morgan fingerprint density at radius 2 is 2.29 bits per heavy atom. The summed E-state index contributed by atoms with van der Waals surface area (Å²) >= 11 is 0. The fourth-order valence-electron chi connectivity index (χ4n) is 0.958. The van der Waals surface area contributed by atoms with Crippen LogP contribution in [0, 0.1) is 0 Å². The topological polar surface area (TPSA) is 72.5 Å². The predicted octanol–water partition coefficient (Wildman–Crippen LogP) is 1.16. The van der Waals surface area contributed by atoms with E-state index in [2.05, 4.69) is 4.74 Å². The molecule has 4 nitrogen and oxygen atoms in total. The smallest absolute Gasteiger partial charge is 0.345 e. The number of carbonyl (C=O) groups excluding carboxylic acids is 1.